The van der Waals surface area contributed by atoms with Gasteiger partial charge >= 0.3 is 14.8 Å². The second-order valence-electron chi connectivity index (χ2n) is 3.01. The zero-order valence-electron chi connectivity index (χ0n) is 9.11. The Hall–Kier alpha value is -1.65. The van der Waals surface area contributed by atoms with Crippen molar-refractivity contribution >= 4 is 20.7 Å². The van der Waals surface area contributed by atoms with Gasteiger partial charge in [-0.1, -0.05) is 13.5 Å². The smallest absolute Gasteiger partial charge is 0.463 e. The second kappa shape index (κ2) is 6.04. The van der Waals surface area contributed by atoms with Crippen LogP contribution in [-0.4, -0.2) is 20.7 Å². The van der Waals surface area contributed by atoms with Crippen LogP contribution in [0.15, 0.2) is 12.2 Å². The summed E-state index contributed by atoms with van der Waals surface area (Å²) < 4.78 is 9.02. The van der Waals surface area contributed by atoms with Gasteiger partial charge in [0, 0.05) is 13.0 Å². The minimum absolute atomic E-state index is 0.0585. The van der Waals surface area contributed by atoms with Crippen molar-refractivity contribution in [3.05, 3.63) is 12.2 Å². The topological polar surface area (TPSA) is 96.3 Å². The van der Waals surface area contributed by atoms with Crippen molar-refractivity contribution in [2.45, 2.75) is 26.3 Å². The summed E-state index contributed by atoms with van der Waals surface area (Å²) in [6.45, 7) is 5.85. The van der Waals surface area contributed by atoms with Gasteiger partial charge in [-0.2, -0.15) is 5.26 Å². The molecular formula is C9H12NO5Si. The molecule has 0 heterocycles. The molecule has 0 aromatic carbocycles. The fraction of sp³-hybridized carbons (Fsp3) is 0.444. The highest BCUT2D eigenvalue weighted by atomic mass is 28.4. The number of nitriles is 1. The van der Waals surface area contributed by atoms with Crippen LogP contribution in [0.5, 0.6) is 0 Å². The van der Waals surface area contributed by atoms with Crippen molar-refractivity contribution < 1.29 is 23.2 Å². The summed E-state index contributed by atoms with van der Waals surface area (Å²) in [6.07, 6.45) is 0.412. The Morgan fingerprint density at radius 3 is 2.38 bits per heavy atom. The number of carbonyl (C=O) groups is 2. The number of hydrogen-bond acceptors (Lipinski definition) is 5. The number of nitrogens with zero attached hydrogens (tertiary/aromatic N) is 1. The third kappa shape index (κ3) is 4.72. The molecule has 0 aliphatic carbocycles. The normalized spacial score (nSPS) is 13.1. The first-order valence-electron chi connectivity index (χ1n) is 4.57. The first kappa shape index (κ1) is 14.3. The molecule has 0 bridgehead atoms. The third-order valence-electron chi connectivity index (χ3n) is 1.48. The minimum atomic E-state index is -4.12. The highest BCUT2D eigenvalue weighted by molar-refractivity contribution is 6.62. The van der Waals surface area contributed by atoms with Gasteiger partial charge < -0.3 is 8.85 Å². The molecule has 0 saturated heterocycles. The molecule has 0 fully saturated rings. The van der Waals surface area contributed by atoms with Crippen LogP contribution >= 0.6 is 0 Å². The lowest BCUT2D eigenvalue weighted by molar-refractivity contribution is -0.141. The van der Waals surface area contributed by atoms with E-state index in [2.05, 4.69) is 15.4 Å². The molecule has 16 heavy (non-hydrogen) atoms. The average molecular weight is 242 g/mol. The molecule has 0 rings (SSSR count). The Bertz CT molecular complexity index is 348. The summed E-state index contributed by atoms with van der Waals surface area (Å²) in [5, 5.41) is 8.37. The van der Waals surface area contributed by atoms with Crippen molar-refractivity contribution in [1.82, 2.24) is 0 Å². The van der Waals surface area contributed by atoms with Gasteiger partial charge in [-0.15, -0.1) is 0 Å². The Morgan fingerprint density at radius 2 is 2.00 bits per heavy atom. The number of carbonyl (C=O) groups excluding carboxylic acids is 2. The van der Waals surface area contributed by atoms with E-state index in [1.165, 1.54) is 6.07 Å². The van der Waals surface area contributed by atoms with Crippen molar-refractivity contribution in [2.75, 3.05) is 0 Å². The zero-order chi connectivity index (χ0) is 12.8. The van der Waals surface area contributed by atoms with Crippen LogP contribution < -0.4 is 0 Å². The molecule has 0 aromatic heterocycles. The van der Waals surface area contributed by atoms with E-state index in [-0.39, 0.29) is 6.04 Å². The maximum atomic E-state index is 11.8. The van der Waals surface area contributed by atoms with E-state index in [0.29, 0.717) is 6.42 Å². The molecule has 0 aliphatic rings. The van der Waals surface area contributed by atoms with Crippen molar-refractivity contribution in [2.24, 2.45) is 0 Å². The average Bonchev–Trinajstić information content (AvgIpc) is 2.14. The lowest BCUT2D eigenvalue weighted by Crippen LogP contribution is -2.44. The predicted molar refractivity (Wildman–Crippen MR) is 54.1 cm³/mol. The van der Waals surface area contributed by atoms with Gasteiger partial charge in [-0.05, 0) is 6.42 Å². The lowest BCUT2D eigenvalue weighted by atomic mass is 10.4. The largest absolute Gasteiger partial charge is 0.663 e. The molecule has 0 N–H and O–H groups in total. The molecule has 0 saturated carbocycles. The van der Waals surface area contributed by atoms with Crippen molar-refractivity contribution in [3.63, 3.8) is 0 Å². The quantitative estimate of drug-likeness (QED) is 0.406. The van der Waals surface area contributed by atoms with E-state index < -0.39 is 26.3 Å². The Balaban J connectivity index is 4.68. The summed E-state index contributed by atoms with van der Waals surface area (Å²) in [4.78, 5) is 33.7. The highest BCUT2D eigenvalue weighted by Crippen LogP contribution is 2.15. The first-order valence-corrected chi connectivity index (χ1v) is 6.50. The van der Waals surface area contributed by atoms with Crippen LogP contribution in [0.4, 0.5) is 0 Å². The predicted octanol–water partition coefficient (Wildman–Crippen LogP) is 0.952. The molecule has 1 unspecified atom stereocenters. The molecule has 0 spiro atoms. The second-order valence-corrected chi connectivity index (χ2v) is 5.28. The molecule has 0 amide bonds. The Kier molecular flexibility index (Phi) is 5.42. The number of rotatable bonds is 5. The van der Waals surface area contributed by atoms with Crippen LogP contribution in [0.2, 0.25) is 6.04 Å². The molecule has 87 valence electrons. The first-order chi connectivity index (χ1) is 7.34. The van der Waals surface area contributed by atoms with E-state index in [9.17, 15) is 14.4 Å². The molecular weight excluding hydrogens is 230 g/mol. The van der Waals surface area contributed by atoms with Crippen LogP contribution in [0, 0.1) is 11.3 Å². The summed E-state index contributed by atoms with van der Waals surface area (Å²) in [5.41, 5.74) is -0.490. The fourth-order valence-corrected chi connectivity index (χ4v) is 2.60. The van der Waals surface area contributed by atoms with Gasteiger partial charge in [0.15, 0.2) is 0 Å². The van der Waals surface area contributed by atoms with Gasteiger partial charge in [-0.25, -0.2) is 9.59 Å². The minimum Gasteiger partial charge on any atom is -0.463 e. The van der Waals surface area contributed by atoms with Gasteiger partial charge in [-0.3, -0.25) is 4.79 Å². The Labute approximate surface area is 94.5 Å². The van der Waals surface area contributed by atoms with Gasteiger partial charge in [0.1, 0.15) is 11.6 Å². The van der Waals surface area contributed by atoms with Crippen LogP contribution in [-0.2, 0) is 23.2 Å². The van der Waals surface area contributed by atoms with Gasteiger partial charge in [0.05, 0.1) is 0 Å². The van der Waals surface area contributed by atoms with Gasteiger partial charge in [0.2, 0.25) is 0 Å². The van der Waals surface area contributed by atoms with E-state index in [4.69, 9.17) is 5.26 Å². The van der Waals surface area contributed by atoms with E-state index in [1.807, 2.05) is 0 Å². The fourth-order valence-electron chi connectivity index (χ4n) is 0.897. The summed E-state index contributed by atoms with van der Waals surface area (Å²) >= 11 is 0. The molecule has 7 heteroatoms. The van der Waals surface area contributed by atoms with Crippen molar-refractivity contribution in [3.8, 4) is 6.07 Å². The summed E-state index contributed by atoms with van der Waals surface area (Å²) in [6, 6.07) is 1.40. The number of hydrogen-bond donors (Lipinski definition) is 0. The monoisotopic (exact) mass is 242 g/mol. The van der Waals surface area contributed by atoms with E-state index >= 15 is 0 Å². The van der Waals surface area contributed by atoms with E-state index in [0.717, 1.165) is 6.92 Å². The Morgan fingerprint density at radius 1 is 1.44 bits per heavy atom. The van der Waals surface area contributed by atoms with Crippen LogP contribution in [0.25, 0.3) is 0 Å². The van der Waals surface area contributed by atoms with Crippen molar-refractivity contribution in [1.29, 1.82) is 5.26 Å². The standard InChI is InChI=1S/C9H12NO5Si/c1-4-5-16(13,14-8(3)11)15-9(12)7(2)6-10/h2,4-5H2,1,3H3. The maximum Gasteiger partial charge on any atom is 0.663 e. The molecule has 6 nitrogen and oxygen atoms in total. The van der Waals surface area contributed by atoms with Crippen LogP contribution in [0.3, 0.4) is 0 Å². The van der Waals surface area contributed by atoms with E-state index in [1.54, 1.807) is 6.92 Å². The zero-order valence-corrected chi connectivity index (χ0v) is 10.1. The summed E-state index contributed by atoms with van der Waals surface area (Å²) in [5.74, 6) is -1.93. The SMILES string of the molecule is C=C(C#N)C(=O)O[Si]([O])(CCC)OC(C)=O. The summed E-state index contributed by atoms with van der Waals surface area (Å²) in [7, 11) is -4.12. The molecule has 1 atom stereocenters. The molecule has 0 aliphatic heterocycles. The maximum absolute atomic E-state index is 11.8. The molecule has 1 radical (unpaired) electrons. The third-order valence-corrected chi connectivity index (χ3v) is 3.69. The van der Waals surface area contributed by atoms with Crippen LogP contribution in [0.1, 0.15) is 20.3 Å². The highest BCUT2D eigenvalue weighted by Gasteiger charge is 2.46. The lowest BCUT2D eigenvalue weighted by Gasteiger charge is -2.19. The van der Waals surface area contributed by atoms with Gasteiger partial charge in [0.25, 0.3) is 5.97 Å². The molecule has 0 aromatic rings.